The third-order valence-electron chi connectivity index (χ3n) is 4.11. The molecule has 1 N–H and O–H groups in total. The van der Waals surface area contributed by atoms with E-state index in [2.05, 4.69) is 17.0 Å². The average Bonchev–Trinajstić information content (AvgIpc) is 2.56. The van der Waals surface area contributed by atoms with Gasteiger partial charge in [0.05, 0.1) is 7.11 Å². The molecule has 0 spiro atoms. The SMILES string of the molecule is CCCCCCCCCCCCCC(=O)NCCCC(=O)OC. The zero-order valence-electron chi connectivity index (χ0n) is 15.3. The number of ether oxygens (including phenoxy) is 1. The largest absolute Gasteiger partial charge is 0.469 e. The fourth-order valence-electron chi connectivity index (χ4n) is 2.60. The molecular weight excluding hydrogens is 290 g/mol. The van der Waals surface area contributed by atoms with Gasteiger partial charge < -0.3 is 10.1 Å². The first-order chi connectivity index (χ1) is 11.2. The maximum Gasteiger partial charge on any atom is 0.305 e. The summed E-state index contributed by atoms with van der Waals surface area (Å²) in [5, 5.41) is 2.85. The Morgan fingerprint density at radius 2 is 1.26 bits per heavy atom. The minimum absolute atomic E-state index is 0.103. The number of nitrogens with one attached hydrogen (secondary N) is 1. The van der Waals surface area contributed by atoms with E-state index in [1.54, 1.807) is 0 Å². The van der Waals surface area contributed by atoms with E-state index in [0.717, 1.165) is 12.8 Å². The molecule has 0 unspecified atom stereocenters. The maximum atomic E-state index is 11.6. The second kappa shape index (κ2) is 17.3. The van der Waals surface area contributed by atoms with E-state index < -0.39 is 0 Å². The summed E-state index contributed by atoms with van der Waals surface area (Å²) in [6.45, 7) is 2.81. The molecule has 0 heterocycles. The lowest BCUT2D eigenvalue weighted by atomic mass is 10.1. The van der Waals surface area contributed by atoms with Gasteiger partial charge in [0.15, 0.2) is 0 Å². The van der Waals surface area contributed by atoms with Crippen molar-refractivity contribution in [2.45, 2.75) is 96.8 Å². The van der Waals surface area contributed by atoms with Crippen molar-refractivity contribution < 1.29 is 14.3 Å². The van der Waals surface area contributed by atoms with Crippen molar-refractivity contribution >= 4 is 11.9 Å². The highest BCUT2D eigenvalue weighted by atomic mass is 16.5. The molecule has 0 aliphatic rings. The molecule has 0 bridgehead atoms. The van der Waals surface area contributed by atoms with Crippen LogP contribution in [0.4, 0.5) is 0 Å². The molecule has 4 heteroatoms. The summed E-state index contributed by atoms with van der Waals surface area (Å²) >= 11 is 0. The maximum absolute atomic E-state index is 11.6. The van der Waals surface area contributed by atoms with E-state index in [9.17, 15) is 9.59 Å². The van der Waals surface area contributed by atoms with Gasteiger partial charge >= 0.3 is 5.97 Å². The normalized spacial score (nSPS) is 10.5. The van der Waals surface area contributed by atoms with Crippen LogP contribution in [0.3, 0.4) is 0 Å². The van der Waals surface area contributed by atoms with Crippen molar-refractivity contribution in [3.63, 3.8) is 0 Å². The van der Waals surface area contributed by atoms with Crippen LogP contribution in [0.1, 0.15) is 96.8 Å². The van der Waals surface area contributed by atoms with Gasteiger partial charge in [0, 0.05) is 19.4 Å². The summed E-state index contributed by atoms with van der Waals surface area (Å²) in [5.74, 6) is -0.115. The lowest BCUT2D eigenvalue weighted by Crippen LogP contribution is -2.24. The van der Waals surface area contributed by atoms with Gasteiger partial charge in [-0.2, -0.15) is 0 Å². The van der Waals surface area contributed by atoms with Gasteiger partial charge in [-0.3, -0.25) is 9.59 Å². The molecular formula is C19H37NO3. The highest BCUT2D eigenvalue weighted by Gasteiger charge is 2.03. The Hall–Kier alpha value is -1.06. The first kappa shape index (κ1) is 21.9. The fourth-order valence-corrected chi connectivity index (χ4v) is 2.60. The molecule has 136 valence electrons. The Bertz CT molecular complexity index is 292. The van der Waals surface area contributed by atoms with E-state index in [4.69, 9.17) is 0 Å². The molecule has 0 aromatic heterocycles. The van der Waals surface area contributed by atoms with Crippen LogP contribution in [0.15, 0.2) is 0 Å². The van der Waals surface area contributed by atoms with E-state index in [0.29, 0.717) is 25.8 Å². The molecule has 4 nitrogen and oxygen atoms in total. The van der Waals surface area contributed by atoms with Crippen LogP contribution in [0.25, 0.3) is 0 Å². The number of carbonyl (C=O) groups is 2. The number of methoxy groups -OCH3 is 1. The molecule has 0 atom stereocenters. The number of esters is 1. The summed E-state index contributed by atoms with van der Waals surface area (Å²) in [5.41, 5.74) is 0. The second-order valence-corrected chi connectivity index (χ2v) is 6.32. The molecule has 0 aromatic carbocycles. The molecule has 0 saturated heterocycles. The van der Waals surface area contributed by atoms with Crippen molar-refractivity contribution in [1.29, 1.82) is 0 Å². The summed E-state index contributed by atoms with van der Waals surface area (Å²) in [4.78, 5) is 22.5. The van der Waals surface area contributed by atoms with Gasteiger partial charge in [0.1, 0.15) is 0 Å². The number of carbonyl (C=O) groups excluding carboxylic acids is 2. The summed E-state index contributed by atoms with van der Waals surface area (Å²) in [6.07, 6.45) is 15.9. The smallest absolute Gasteiger partial charge is 0.305 e. The lowest BCUT2D eigenvalue weighted by Gasteiger charge is -2.05. The van der Waals surface area contributed by atoms with Crippen LogP contribution in [-0.4, -0.2) is 25.5 Å². The third-order valence-corrected chi connectivity index (χ3v) is 4.11. The van der Waals surface area contributed by atoms with Crippen LogP contribution >= 0.6 is 0 Å². The van der Waals surface area contributed by atoms with Gasteiger partial charge in [-0.1, -0.05) is 71.1 Å². The Kier molecular flexibility index (Phi) is 16.5. The van der Waals surface area contributed by atoms with Crippen molar-refractivity contribution in [3.05, 3.63) is 0 Å². The zero-order chi connectivity index (χ0) is 17.2. The first-order valence-corrected chi connectivity index (χ1v) is 9.54. The topological polar surface area (TPSA) is 55.4 Å². The van der Waals surface area contributed by atoms with Crippen molar-refractivity contribution in [2.75, 3.05) is 13.7 Å². The highest BCUT2D eigenvalue weighted by molar-refractivity contribution is 5.75. The molecule has 0 aliphatic heterocycles. The fraction of sp³-hybridized carbons (Fsp3) is 0.895. The second-order valence-electron chi connectivity index (χ2n) is 6.32. The van der Waals surface area contributed by atoms with Gasteiger partial charge in [-0.05, 0) is 12.8 Å². The summed E-state index contributed by atoms with van der Waals surface area (Å²) < 4.78 is 4.55. The van der Waals surface area contributed by atoms with Gasteiger partial charge in [-0.25, -0.2) is 0 Å². The van der Waals surface area contributed by atoms with Gasteiger partial charge in [0.25, 0.3) is 0 Å². The Morgan fingerprint density at radius 1 is 0.739 bits per heavy atom. The quantitative estimate of drug-likeness (QED) is 0.328. The molecule has 23 heavy (non-hydrogen) atoms. The summed E-state index contributed by atoms with van der Waals surface area (Å²) in [7, 11) is 1.38. The Balaban J connectivity index is 3.19. The van der Waals surface area contributed by atoms with Crippen molar-refractivity contribution in [1.82, 2.24) is 5.32 Å². The standard InChI is InChI=1S/C19H37NO3/c1-3-4-5-6-7-8-9-10-11-12-13-15-18(21)20-17-14-16-19(22)23-2/h3-17H2,1-2H3,(H,20,21). The number of rotatable bonds is 16. The van der Waals surface area contributed by atoms with E-state index in [1.807, 2.05) is 0 Å². The number of hydrogen-bond acceptors (Lipinski definition) is 3. The Morgan fingerprint density at radius 3 is 1.78 bits per heavy atom. The van der Waals surface area contributed by atoms with Crippen molar-refractivity contribution in [2.24, 2.45) is 0 Å². The molecule has 0 rings (SSSR count). The van der Waals surface area contributed by atoms with E-state index in [1.165, 1.54) is 64.9 Å². The average molecular weight is 328 g/mol. The molecule has 0 aromatic rings. The minimum Gasteiger partial charge on any atom is -0.469 e. The highest BCUT2D eigenvalue weighted by Crippen LogP contribution is 2.11. The predicted octanol–water partition coefficient (Wildman–Crippen LogP) is 4.76. The predicted molar refractivity (Wildman–Crippen MR) is 95.3 cm³/mol. The first-order valence-electron chi connectivity index (χ1n) is 9.54. The molecule has 1 amide bonds. The monoisotopic (exact) mass is 327 g/mol. The summed E-state index contributed by atoms with van der Waals surface area (Å²) in [6, 6.07) is 0. The van der Waals surface area contributed by atoms with Crippen LogP contribution in [0.5, 0.6) is 0 Å². The van der Waals surface area contributed by atoms with Gasteiger partial charge in [-0.15, -0.1) is 0 Å². The van der Waals surface area contributed by atoms with E-state index in [-0.39, 0.29) is 11.9 Å². The number of unbranched alkanes of at least 4 members (excludes halogenated alkanes) is 10. The van der Waals surface area contributed by atoms with Crippen molar-refractivity contribution in [3.8, 4) is 0 Å². The van der Waals surface area contributed by atoms with Crippen LogP contribution in [0.2, 0.25) is 0 Å². The van der Waals surface area contributed by atoms with Crippen LogP contribution in [0, 0.1) is 0 Å². The third kappa shape index (κ3) is 17.1. The molecule has 0 saturated carbocycles. The lowest BCUT2D eigenvalue weighted by molar-refractivity contribution is -0.140. The minimum atomic E-state index is -0.218. The van der Waals surface area contributed by atoms with Crippen LogP contribution in [-0.2, 0) is 14.3 Å². The molecule has 0 radical (unpaired) electrons. The molecule has 0 fully saturated rings. The zero-order valence-corrected chi connectivity index (χ0v) is 15.3. The molecule has 0 aliphatic carbocycles. The van der Waals surface area contributed by atoms with Gasteiger partial charge in [0.2, 0.25) is 5.91 Å². The number of hydrogen-bond donors (Lipinski definition) is 1. The Labute approximate surface area is 142 Å². The van der Waals surface area contributed by atoms with E-state index >= 15 is 0 Å². The van der Waals surface area contributed by atoms with Crippen LogP contribution < -0.4 is 5.32 Å². The number of amides is 1.